The Morgan fingerprint density at radius 3 is 2.69 bits per heavy atom. The van der Waals surface area contributed by atoms with E-state index in [4.69, 9.17) is 0 Å². The molecule has 0 aromatic heterocycles. The molecule has 1 fully saturated rings. The van der Waals surface area contributed by atoms with Crippen LogP contribution < -0.4 is 0 Å². The standard InChI is InChI=1S/C13H15Br2F/c14-11-6-9(7-12(16)8-11)2-1-3-13(15)10-4-5-10/h6-8,10,13H,1-5H2. The Balaban J connectivity index is 1.79. The molecule has 0 aliphatic heterocycles. The highest BCUT2D eigenvalue weighted by Gasteiger charge is 2.28. The van der Waals surface area contributed by atoms with Gasteiger partial charge < -0.3 is 0 Å². The van der Waals surface area contributed by atoms with Gasteiger partial charge in [0.2, 0.25) is 0 Å². The first kappa shape index (κ1) is 12.6. The fourth-order valence-corrected chi connectivity index (χ4v) is 3.32. The quantitative estimate of drug-likeness (QED) is 0.650. The summed E-state index contributed by atoms with van der Waals surface area (Å²) in [5.41, 5.74) is 1.09. The Morgan fingerprint density at radius 2 is 2.06 bits per heavy atom. The molecule has 2 rings (SSSR count). The second-order valence-electron chi connectivity index (χ2n) is 4.52. The predicted molar refractivity (Wildman–Crippen MR) is 72.5 cm³/mol. The highest BCUT2D eigenvalue weighted by Crippen LogP contribution is 2.38. The zero-order chi connectivity index (χ0) is 11.5. The van der Waals surface area contributed by atoms with Gasteiger partial charge in [-0.25, -0.2) is 4.39 Å². The van der Waals surface area contributed by atoms with Gasteiger partial charge in [0.05, 0.1) is 0 Å². The third kappa shape index (κ3) is 3.85. The average molecular weight is 350 g/mol. The van der Waals surface area contributed by atoms with Gasteiger partial charge in [0.25, 0.3) is 0 Å². The van der Waals surface area contributed by atoms with E-state index in [1.54, 1.807) is 6.07 Å². The summed E-state index contributed by atoms with van der Waals surface area (Å²) in [6, 6.07) is 5.13. The van der Waals surface area contributed by atoms with E-state index in [0.717, 1.165) is 28.8 Å². The number of aryl methyl sites for hydroxylation is 1. The van der Waals surface area contributed by atoms with E-state index in [1.165, 1.54) is 25.3 Å². The monoisotopic (exact) mass is 348 g/mol. The van der Waals surface area contributed by atoms with Gasteiger partial charge in [-0.2, -0.15) is 0 Å². The number of hydrogen-bond donors (Lipinski definition) is 0. The Kier molecular flexibility index (Phi) is 4.42. The summed E-state index contributed by atoms with van der Waals surface area (Å²) < 4.78 is 13.9. The third-order valence-corrected chi connectivity index (χ3v) is 4.66. The lowest BCUT2D eigenvalue weighted by molar-refractivity contribution is 0.619. The smallest absolute Gasteiger partial charge is 0.124 e. The maximum absolute atomic E-state index is 13.1. The van der Waals surface area contributed by atoms with Crippen LogP contribution in [0.2, 0.25) is 0 Å². The van der Waals surface area contributed by atoms with Crippen LogP contribution in [0.25, 0.3) is 0 Å². The normalized spacial score (nSPS) is 17.4. The van der Waals surface area contributed by atoms with Crippen molar-refractivity contribution in [3.8, 4) is 0 Å². The third-order valence-electron chi connectivity index (χ3n) is 3.00. The van der Waals surface area contributed by atoms with Crippen LogP contribution in [0.5, 0.6) is 0 Å². The molecule has 0 heterocycles. The highest BCUT2D eigenvalue weighted by atomic mass is 79.9. The Morgan fingerprint density at radius 1 is 1.31 bits per heavy atom. The molecule has 16 heavy (non-hydrogen) atoms. The van der Waals surface area contributed by atoms with Crippen LogP contribution in [0.15, 0.2) is 22.7 Å². The predicted octanol–water partition coefficient (Wildman–Crippen LogP) is 5.08. The molecule has 88 valence electrons. The van der Waals surface area contributed by atoms with Crippen molar-refractivity contribution in [2.45, 2.75) is 36.9 Å². The largest absolute Gasteiger partial charge is 0.207 e. The lowest BCUT2D eigenvalue weighted by atomic mass is 10.1. The molecule has 0 nitrogen and oxygen atoms in total. The average Bonchev–Trinajstić information content (AvgIpc) is 2.98. The lowest BCUT2D eigenvalue weighted by Gasteiger charge is -2.08. The summed E-state index contributed by atoms with van der Waals surface area (Å²) in [5.74, 6) is 0.751. The molecule has 0 radical (unpaired) electrons. The van der Waals surface area contributed by atoms with E-state index in [9.17, 15) is 4.39 Å². The number of alkyl halides is 1. The highest BCUT2D eigenvalue weighted by molar-refractivity contribution is 9.10. The Hall–Kier alpha value is 0.110. The van der Waals surface area contributed by atoms with Crippen LogP contribution in [-0.4, -0.2) is 4.83 Å². The number of rotatable bonds is 5. The first-order chi connectivity index (χ1) is 7.65. The molecule has 1 aliphatic rings. The summed E-state index contributed by atoms with van der Waals surface area (Å²) in [6.07, 6.45) is 6.04. The summed E-state index contributed by atoms with van der Waals surface area (Å²) in [4.78, 5) is 0.671. The number of halogens is 3. The Bertz CT molecular complexity index is 341. The van der Waals surface area contributed by atoms with Crippen molar-refractivity contribution < 1.29 is 4.39 Å². The van der Waals surface area contributed by atoms with Gasteiger partial charge >= 0.3 is 0 Å². The SMILES string of the molecule is Fc1cc(Br)cc(CCCC(Br)C2CC2)c1. The fraction of sp³-hybridized carbons (Fsp3) is 0.538. The minimum atomic E-state index is -0.151. The zero-order valence-electron chi connectivity index (χ0n) is 9.06. The van der Waals surface area contributed by atoms with E-state index in [-0.39, 0.29) is 5.82 Å². The van der Waals surface area contributed by atoms with Gasteiger partial charge in [0.1, 0.15) is 5.82 Å². The maximum Gasteiger partial charge on any atom is 0.124 e. The van der Waals surface area contributed by atoms with Gasteiger partial charge in [-0.1, -0.05) is 31.9 Å². The van der Waals surface area contributed by atoms with Crippen molar-refractivity contribution >= 4 is 31.9 Å². The van der Waals surface area contributed by atoms with Gasteiger partial charge in [0.15, 0.2) is 0 Å². The van der Waals surface area contributed by atoms with E-state index in [2.05, 4.69) is 31.9 Å². The topological polar surface area (TPSA) is 0 Å². The second-order valence-corrected chi connectivity index (χ2v) is 6.62. The minimum Gasteiger partial charge on any atom is -0.207 e. The van der Waals surface area contributed by atoms with E-state index >= 15 is 0 Å². The van der Waals surface area contributed by atoms with Crippen molar-refractivity contribution in [1.82, 2.24) is 0 Å². The molecule has 1 saturated carbocycles. The van der Waals surface area contributed by atoms with Crippen molar-refractivity contribution in [2.75, 3.05) is 0 Å². The van der Waals surface area contributed by atoms with E-state index in [1.807, 2.05) is 6.07 Å². The molecule has 1 aromatic carbocycles. The second kappa shape index (κ2) is 5.63. The molecule has 0 spiro atoms. The molecule has 1 aromatic rings. The van der Waals surface area contributed by atoms with Crippen LogP contribution in [0, 0.1) is 11.7 Å². The summed E-state index contributed by atoms with van der Waals surface area (Å²) in [5, 5.41) is 0. The number of benzene rings is 1. The summed E-state index contributed by atoms with van der Waals surface area (Å²) in [7, 11) is 0. The van der Waals surface area contributed by atoms with E-state index in [0.29, 0.717) is 4.83 Å². The molecular formula is C13H15Br2F. The Labute approximate surface area is 113 Å². The van der Waals surface area contributed by atoms with Crippen molar-refractivity contribution in [2.24, 2.45) is 5.92 Å². The molecule has 1 aliphatic carbocycles. The maximum atomic E-state index is 13.1. The van der Waals surface area contributed by atoms with Gasteiger partial charge in [-0.3, -0.25) is 0 Å². The number of hydrogen-bond acceptors (Lipinski definition) is 0. The first-order valence-corrected chi connectivity index (χ1v) is 7.45. The van der Waals surface area contributed by atoms with Crippen molar-refractivity contribution in [3.63, 3.8) is 0 Å². The molecule has 0 bridgehead atoms. The van der Waals surface area contributed by atoms with Gasteiger partial charge in [0, 0.05) is 9.30 Å². The van der Waals surface area contributed by atoms with Crippen molar-refractivity contribution in [3.05, 3.63) is 34.1 Å². The van der Waals surface area contributed by atoms with Crippen LogP contribution in [0.1, 0.15) is 31.2 Å². The van der Waals surface area contributed by atoms with Crippen molar-refractivity contribution in [1.29, 1.82) is 0 Å². The van der Waals surface area contributed by atoms with Crippen LogP contribution in [-0.2, 0) is 6.42 Å². The summed E-state index contributed by atoms with van der Waals surface area (Å²) >= 11 is 7.04. The fourth-order valence-electron chi connectivity index (χ4n) is 1.95. The molecule has 0 amide bonds. The first-order valence-electron chi connectivity index (χ1n) is 5.74. The van der Waals surface area contributed by atoms with Gasteiger partial charge in [-0.05, 0) is 61.8 Å². The van der Waals surface area contributed by atoms with Crippen LogP contribution in [0.4, 0.5) is 4.39 Å². The molecule has 1 unspecified atom stereocenters. The lowest BCUT2D eigenvalue weighted by Crippen LogP contribution is -2.01. The van der Waals surface area contributed by atoms with Crippen LogP contribution in [0.3, 0.4) is 0 Å². The minimum absolute atomic E-state index is 0.151. The van der Waals surface area contributed by atoms with Gasteiger partial charge in [-0.15, -0.1) is 0 Å². The molecule has 3 heteroatoms. The van der Waals surface area contributed by atoms with Crippen LogP contribution >= 0.6 is 31.9 Å². The summed E-state index contributed by atoms with van der Waals surface area (Å²) in [6.45, 7) is 0. The molecular weight excluding hydrogens is 335 g/mol. The molecule has 0 saturated heterocycles. The molecule has 1 atom stereocenters. The van der Waals surface area contributed by atoms with E-state index < -0.39 is 0 Å². The molecule has 0 N–H and O–H groups in total. The zero-order valence-corrected chi connectivity index (χ0v) is 12.2.